The summed E-state index contributed by atoms with van der Waals surface area (Å²) in [5, 5.41) is 7.66. The quantitative estimate of drug-likeness (QED) is 0.570. The Kier molecular flexibility index (Phi) is 6.16. The van der Waals surface area contributed by atoms with Gasteiger partial charge < -0.3 is 25.7 Å². The van der Waals surface area contributed by atoms with Gasteiger partial charge in [-0.3, -0.25) is 9.59 Å². The number of hydrogen-bond donors (Lipinski definition) is 4. The lowest BCUT2D eigenvalue weighted by Gasteiger charge is -2.19. The number of benzene rings is 1. The maximum absolute atomic E-state index is 12.1. The summed E-state index contributed by atoms with van der Waals surface area (Å²) >= 11 is 0. The fourth-order valence-electron chi connectivity index (χ4n) is 2.09. The van der Waals surface area contributed by atoms with Crippen molar-refractivity contribution in [3.05, 3.63) is 30.1 Å². The first-order valence-corrected chi connectivity index (χ1v) is 8.19. The van der Waals surface area contributed by atoms with Gasteiger partial charge in [-0.25, -0.2) is 9.78 Å². The number of nitrogens with zero attached hydrogens (tertiary/aromatic N) is 1. The maximum Gasteiger partial charge on any atom is 0.408 e. The molecule has 0 unspecified atom stereocenters. The van der Waals surface area contributed by atoms with Crippen molar-refractivity contribution in [2.24, 2.45) is 0 Å². The molecule has 0 fully saturated rings. The molecule has 4 N–H and O–H groups in total. The van der Waals surface area contributed by atoms with E-state index in [1.165, 1.54) is 0 Å². The highest BCUT2D eigenvalue weighted by atomic mass is 16.6. The Labute approximate surface area is 150 Å². The van der Waals surface area contributed by atoms with Crippen molar-refractivity contribution in [2.45, 2.75) is 26.4 Å². The summed E-state index contributed by atoms with van der Waals surface area (Å²) in [5.41, 5.74) is 1.44. The topological polar surface area (TPSA) is 125 Å². The Hall–Kier alpha value is -3.10. The molecule has 1 aromatic heterocycles. The van der Waals surface area contributed by atoms with E-state index >= 15 is 0 Å². The summed E-state index contributed by atoms with van der Waals surface area (Å²) in [6.45, 7) is 5.52. The second-order valence-electron chi connectivity index (χ2n) is 6.60. The molecule has 1 aromatic carbocycles. The Morgan fingerprint density at radius 2 is 1.85 bits per heavy atom. The van der Waals surface area contributed by atoms with Crippen molar-refractivity contribution in [3.8, 4) is 0 Å². The second-order valence-corrected chi connectivity index (χ2v) is 6.60. The molecule has 0 radical (unpaired) electrons. The van der Waals surface area contributed by atoms with E-state index in [2.05, 4.69) is 25.9 Å². The number of carbonyl (C=O) groups excluding carboxylic acids is 3. The number of H-pyrrole nitrogens is 1. The first-order valence-electron chi connectivity index (χ1n) is 8.19. The standard InChI is InChI=1S/C17H23N5O4/c1-17(2,3)26-16(25)20-9-14(23)18-6-7-19-15(24)11-4-5-12-13(8-11)22-10-21-12/h4-5,8,10H,6-7,9H2,1-3H3,(H,18,23)(H,19,24)(H,20,25)(H,21,22). The van der Waals surface area contributed by atoms with E-state index in [1.807, 2.05) is 0 Å². The van der Waals surface area contributed by atoms with Crippen LogP contribution in [0.1, 0.15) is 31.1 Å². The molecule has 9 heteroatoms. The van der Waals surface area contributed by atoms with Crippen LogP contribution in [-0.2, 0) is 9.53 Å². The molecule has 0 spiro atoms. The van der Waals surface area contributed by atoms with Crippen LogP contribution in [0.25, 0.3) is 11.0 Å². The van der Waals surface area contributed by atoms with Gasteiger partial charge in [0.25, 0.3) is 5.91 Å². The van der Waals surface area contributed by atoms with Gasteiger partial charge in [-0.1, -0.05) is 0 Å². The predicted octanol–water partition coefficient (Wildman–Crippen LogP) is 0.934. The molecule has 26 heavy (non-hydrogen) atoms. The van der Waals surface area contributed by atoms with Crippen LogP contribution in [0.5, 0.6) is 0 Å². The van der Waals surface area contributed by atoms with Gasteiger partial charge in [0.15, 0.2) is 0 Å². The number of alkyl carbamates (subject to hydrolysis) is 1. The molecule has 0 bridgehead atoms. The zero-order valence-corrected chi connectivity index (χ0v) is 15.0. The normalized spacial score (nSPS) is 11.0. The largest absolute Gasteiger partial charge is 0.444 e. The first kappa shape index (κ1) is 19.2. The van der Waals surface area contributed by atoms with Gasteiger partial charge in [0, 0.05) is 18.7 Å². The van der Waals surface area contributed by atoms with Crippen molar-refractivity contribution in [1.82, 2.24) is 25.9 Å². The summed E-state index contributed by atoms with van der Waals surface area (Å²) in [6, 6.07) is 5.15. The molecule has 0 aliphatic carbocycles. The number of aromatic nitrogens is 2. The van der Waals surface area contributed by atoms with Crippen LogP contribution in [0, 0.1) is 0 Å². The fourth-order valence-corrected chi connectivity index (χ4v) is 2.09. The van der Waals surface area contributed by atoms with E-state index in [9.17, 15) is 14.4 Å². The molecular weight excluding hydrogens is 338 g/mol. The van der Waals surface area contributed by atoms with E-state index in [4.69, 9.17) is 4.74 Å². The van der Waals surface area contributed by atoms with Gasteiger partial charge in [0.2, 0.25) is 5.91 Å². The van der Waals surface area contributed by atoms with Crippen molar-refractivity contribution in [3.63, 3.8) is 0 Å². The second kappa shape index (κ2) is 8.32. The Morgan fingerprint density at radius 3 is 2.58 bits per heavy atom. The molecule has 0 aliphatic rings. The van der Waals surface area contributed by atoms with Crippen LogP contribution < -0.4 is 16.0 Å². The zero-order valence-electron chi connectivity index (χ0n) is 15.0. The van der Waals surface area contributed by atoms with Crippen molar-refractivity contribution in [2.75, 3.05) is 19.6 Å². The number of rotatable bonds is 6. The molecule has 0 saturated carbocycles. The monoisotopic (exact) mass is 361 g/mol. The number of carbonyl (C=O) groups is 3. The van der Waals surface area contributed by atoms with E-state index in [-0.39, 0.29) is 31.4 Å². The molecule has 3 amide bonds. The van der Waals surface area contributed by atoms with Crippen molar-refractivity contribution in [1.29, 1.82) is 0 Å². The minimum Gasteiger partial charge on any atom is -0.444 e. The first-order chi connectivity index (χ1) is 12.2. The zero-order chi connectivity index (χ0) is 19.2. The van der Waals surface area contributed by atoms with E-state index in [0.717, 1.165) is 11.0 Å². The lowest BCUT2D eigenvalue weighted by atomic mass is 10.2. The lowest BCUT2D eigenvalue weighted by Crippen LogP contribution is -2.42. The van der Waals surface area contributed by atoms with Crippen molar-refractivity contribution < 1.29 is 19.1 Å². The third-order valence-electron chi connectivity index (χ3n) is 3.21. The average Bonchev–Trinajstić information content (AvgIpc) is 3.02. The van der Waals surface area contributed by atoms with Crippen LogP contribution in [0.4, 0.5) is 4.79 Å². The molecule has 2 aromatic rings. The molecule has 2 rings (SSSR count). The van der Waals surface area contributed by atoms with Crippen LogP contribution in [0.2, 0.25) is 0 Å². The molecule has 0 atom stereocenters. The molecule has 0 aliphatic heterocycles. The number of fused-ring (bicyclic) bond motifs is 1. The minimum atomic E-state index is -0.657. The minimum absolute atomic E-state index is 0.195. The summed E-state index contributed by atoms with van der Waals surface area (Å²) in [5.74, 6) is -0.619. The van der Waals surface area contributed by atoms with Gasteiger partial charge in [0.05, 0.1) is 23.9 Å². The number of imidazole rings is 1. The van der Waals surface area contributed by atoms with Crippen LogP contribution >= 0.6 is 0 Å². The number of hydrogen-bond acceptors (Lipinski definition) is 5. The van der Waals surface area contributed by atoms with Gasteiger partial charge >= 0.3 is 6.09 Å². The van der Waals surface area contributed by atoms with Gasteiger partial charge in [-0.15, -0.1) is 0 Å². The van der Waals surface area contributed by atoms with E-state index < -0.39 is 11.7 Å². The molecule has 0 saturated heterocycles. The SMILES string of the molecule is CC(C)(C)OC(=O)NCC(=O)NCCNC(=O)c1ccc2nc[nH]c2c1. The molecule has 1 heterocycles. The predicted molar refractivity (Wildman–Crippen MR) is 95.7 cm³/mol. The molecular formula is C17H23N5O4. The maximum atomic E-state index is 12.1. The third kappa shape index (κ3) is 6.08. The van der Waals surface area contributed by atoms with E-state index in [0.29, 0.717) is 5.56 Å². The number of amides is 3. The summed E-state index contributed by atoms with van der Waals surface area (Å²) < 4.78 is 5.02. The lowest BCUT2D eigenvalue weighted by molar-refractivity contribution is -0.120. The third-order valence-corrected chi connectivity index (χ3v) is 3.21. The Balaban J connectivity index is 1.65. The highest BCUT2D eigenvalue weighted by Gasteiger charge is 2.16. The van der Waals surface area contributed by atoms with Gasteiger partial charge in [-0.05, 0) is 39.0 Å². The number of ether oxygens (including phenoxy) is 1. The fraction of sp³-hybridized carbons (Fsp3) is 0.412. The Bertz CT molecular complexity index is 794. The average molecular weight is 361 g/mol. The van der Waals surface area contributed by atoms with E-state index in [1.54, 1.807) is 45.3 Å². The van der Waals surface area contributed by atoms with Crippen LogP contribution in [0.3, 0.4) is 0 Å². The smallest absolute Gasteiger partial charge is 0.408 e. The number of aromatic amines is 1. The van der Waals surface area contributed by atoms with Crippen LogP contribution in [-0.4, -0.2) is 53.1 Å². The molecule has 9 nitrogen and oxygen atoms in total. The van der Waals surface area contributed by atoms with Gasteiger partial charge in [0.1, 0.15) is 5.60 Å². The van der Waals surface area contributed by atoms with Crippen LogP contribution in [0.15, 0.2) is 24.5 Å². The highest BCUT2D eigenvalue weighted by molar-refractivity contribution is 5.97. The summed E-state index contributed by atoms with van der Waals surface area (Å²) in [7, 11) is 0. The van der Waals surface area contributed by atoms with Crippen molar-refractivity contribution >= 4 is 28.9 Å². The molecule has 140 valence electrons. The highest BCUT2D eigenvalue weighted by Crippen LogP contribution is 2.11. The van der Waals surface area contributed by atoms with Gasteiger partial charge in [-0.2, -0.15) is 0 Å². The Morgan fingerprint density at radius 1 is 1.12 bits per heavy atom. The number of nitrogens with one attached hydrogen (secondary N) is 4. The summed E-state index contributed by atoms with van der Waals surface area (Å²) in [6.07, 6.45) is 0.905. The summed E-state index contributed by atoms with van der Waals surface area (Å²) in [4.78, 5) is 42.2.